The number of piperidine rings is 1. The fraction of sp³-hybridized carbons (Fsp3) is 0.448. The molecule has 1 atom stereocenters. The summed E-state index contributed by atoms with van der Waals surface area (Å²) in [6, 6.07) is 13.0. The molecule has 0 radical (unpaired) electrons. The van der Waals surface area contributed by atoms with Gasteiger partial charge in [0.1, 0.15) is 11.5 Å². The van der Waals surface area contributed by atoms with Gasteiger partial charge in [-0.3, -0.25) is 9.98 Å². The van der Waals surface area contributed by atoms with Crippen LogP contribution >= 0.6 is 0 Å². The fourth-order valence-corrected chi connectivity index (χ4v) is 6.65. The summed E-state index contributed by atoms with van der Waals surface area (Å²) in [5.74, 6) is 1.96. The van der Waals surface area contributed by atoms with Crippen molar-refractivity contribution in [3.8, 4) is 0 Å². The quantitative estimate of drug-likeness (QED) is 0.556. The second kappa shape index (κ2) is 8.66. The normalized spacial score (nSPS) is 21.5. The molecule has 1 aliphatic carbocycles. The first-order valence-electron chi connectivity index (χ1n) is 12.9. The van der Waals surface area contributed by atoms with E-state index in [1.54, 1.807) is 0 Å². The first-order chi connectivity index (χ1) is 17.1. The minimum atomic E-state index is 0. The van der Waals surface area contributed by atoms with Gasteiger partial charge in [-0.15, -0.1) is 0 Å². The summed E-state index contributed by atoms with van der Waals surface area (Å²) in [5.41, 5.74) is 14.9. The molecule has 7 rings (SSSR count). The van der Waals surface area contributed by atoms with Gasteiger partial charge in [-0.1, -0.05) is 31.7 Å². The van der Waals surface area contributed by atoms with Crippen LogP contribution in [0.3, 0.4) is 0 Å². The van der Waals surface area contributed by atoms with Gasteiger partial charge in [-0.05, 0) is 67.7 Å². The summed E-state index contributed by atoms with van der Waals surface area (Å²) >= 11 is 0. The van der Waals surface area contributed by atoms with E-state index in [4.69, 9.17) is 20.7 Å². The number of rotatable bonds is 1. The maximum atomic E-state index is 6.79. The lowest BCUT2D eigenvalue weighted by atomic mass is 9.73. The number of benzene rings is 1. The Kier molecular flexibility index (Phi) is 5.56. The van der Waals surface area contributed by atoms with Crippen molar-refractivity contribution in [3.05, 3.63) is 76.5 Å². The van der Waals surface area contributed by atoms with Gasteiger partial charge in [-0.25, -0.2) is 9.97 Å². The van der Waals surface area contributed by atoms with Crippen LogP contribution in [-0.2, 0) is 19.4 Å². The predicted molar refractivity (Wildman–Crippen MR) is 145 cm³/mol. The van der Waals surface area contributed by atoms with Crippen LogP contribution in [0.5, 0.6) is 0 Å². The Bertz CT molecular complexity index is 1340. The smallest absolute Gasteiger partial charge is 0.156 e. The molecule has 1 fully saturated rings. The number of aryl methyl sites for hydroxylation is 2. The van der Waals surface area contributed by atoms with Crippen molar-refractivity contribution in [1.82, 2.24) is 15.0 Å². The molecule has 2 N–H and O–H groups in total. The van der Waals surface area contributed by atoms with Crippen LogP contribution in [-0.4, -0.2) is 40.4 Å². The van der Waals surface area contributed by atoms with Gasteiger partial charge in [-0.2, -0.15) is 0 Å². The number of amidine groups is 1. The molecule has 7 heteroatoms. The highest BCUT2D eigenvalue weighted by molar-refractivity contribution is 6.11. The van der Waals surface area contributed by atoms with Crippen molar-refractivity contribution in [3.63, 3.8) is 0 Å². The topological polar surface area (TPSA) is 83.5 Å². The summed E-state index contributed by atoms with van der Waals surface area (Å²) < 4.78 is 0. The van der Waals surface area contributed by atoms with E-state index < -0.39 is 0 Å². The lowest BCUT2D eigenvalue weighted by Gasteiger charge is -2.43. The predicted octanol–water partition coefficient (Wildman–Crippen LogP) is 4.37. The third kappa shape index (κ3) is 3.44. The number of fused-ring (bicyclic) bond motifs is 3. The third-order valence-electron chi connectivity index (χ3n) is 8.57. The molecule has 36 heavy (non-hydrogen) atoms. The average Bonchev–Trinajstić information content (AvgIpc) is 3.42. The molecule has 186 valence electrons. The Labute approximate surface area is 213 Å². The van der Waals surface area contributed by atoms with Gasteiger partial charge in [0.15, 0.2) is 5.84 Å². The van der Waals surface area contributed by atoms with Crippen LogP contribution in [0.15, 0.2) is 47.6 Å². The SMILES string of the molecule is C.Cc1nc2c(nc1N1CCC3(CC1)Cc1ccccc1[C@H]3N)CN=C2N1CCCc2ncccc21. The molecule has 2 aromatic heterocycles. The highest BCUT2D eigenvalue weighted by atomic mass is 15.3. The number of nitrogens with zero attached hydrogens (tertiary/aromatic N) is 6. The summed E-state index contributed by atoms with van der Waals surface area (Å²) in [6.07, 6.45) is 7.23. The van der Waals surface area contributed by atoms with E-state index in [0.29, 0.717) is 6.54 Å². The molecular weight excluding hydrogens is 446 g/mol. The first-order valence-corrected chi connectivity index (χ1v) is 12.9. The van der Waals surface area contributed by atoms with Gasteiger partial charge in [0.05, 0.1) is 29.3 Å². The minimum absolute atomic E-state index is 0. The Morgan fingerprint density at radius 3 is 2.67 bits per heavy atom. The van der Waals surface area contributed by atoms with Crippen molar-refractivity contribution >= 4 is 17.3 Å². The molecule has 3 aliphatic heterocycles. The van der Waals surface area contributed by atoms with E-state index in [2.05, 4.69) is 52.0 Å². The van der Waals surface area contributed by atoms with E-state index in [9.17, 15) is 0 Å². The summed E-state index contributed by atoms with van der Waals surface area (Å²) in [4.78, 5) is 24.4. The van der Waals surface area contributed by atoms with Crippen molar-refractivity contribution in [1.29, 1.82) is 0 Å². The zero-order valence-electron chi connectivity index (χ0n) is 20.2. The van der Waals surface area contributed by atoms with Crippen LogP contribution in [0.2, 0.25) is 0 Å². The number of nitrogens with two attached hydrogens (primary N) is 1. The summed E-state index contributed by atoms with van der Waals surface area (Å²) in [6.45, 7) is 5.56. The molecule has 1 spiro atoms. The van der Waals surface area contributed by atoms with Crippen LogP contribution in [0.1, 0.15) is 66.6 Å². The molecule has 4 aliphatic rings. The lowest BCUT2D eigenvalue weighted by Crippen LogP contribution is -2.45. The maximum Gasteiger partial charge on any atom is 0.156 e. The first kappa shape index (κ1) is 23.1. The fourth-order valence-electron chi connectivity index (χ4n) is 6.65. The molecule has 0 bridgehead atoms. The number of hydrogen-bond acceptors (Lipinski definition) is 7. The zero-order valence-corrected chi connectivity index (χ0v) is 20.2. The third-order valence-corrected chi connectivity index (χ3v) is 8.57. The van der Waals surface area contributed by atoms with E-state index in [-0.39, 0.29) is 18.9 Å². The number of aromatic nitrogens is 3. The molecule has 5 heterocycles. The maximum absolute atomic E-state index is 6.79. The molecule has 1 saturated heterocycles. The molecular formula is C29H35N7. The Morgan fingerprint density at radius 1 is 1.00 bits per heavy atom. The Hall–Kier alpha value is -3.32. The number of hydrogen-bond donors (Lipinski definition) is 1. The second-order valence-corrected chi connectivity index (χ2v) is 10.5. The van der Waals surface area contributed by atoms with Gasteiger partial charge in [0.25, 0.3) is 0 Å². The molecule has 7 nitrogen and oxygen atoms in total. The molecule has 3 aromatic rings. The van der Waals surface area contributed by atoms with Crippen molar-refractivity contribution in [2.24, 2.45) is 16.1 Å². The second-order valence-electron chi connectivity index (χ2n) is 10.5. The minimum Gasteiger partial charge on any atom is -0.355 e. The zero-order chi connectivity index (χ0) is 23.6. The monoisotopic (exact) mass is 481 g/mol. The van der Waals surface area contributed by atoms with Crippen LogP contribution < -0.4 is 15.5 Å². The summed E-state index contributed by atoms with van der Waals surface area (Å²) in [7, 11) is 0. The average molecular weight is 482 g/mol. The van der Waals surface area contributed by atoms with Gasteiger partial charge < -0.3 is 15.5 Å². The van der Waals surface area contributed by atoms with Gasteiger partial charge in [0.2, 0.25) is 0 Å². The van der Waals surface area contributed by atoms with E-state index in [1.165, 1.54) is 11.1 Å². The van der Waals surface area contributed by atoms with Crippen molar-refractivity contribution in [2.45, 2.75) is 59.0 Å². The number of anilines is 2. The van der Waals surface area contributed by atoms with Gasteiger partial charge in [0, 0.05) is 31.9 Å². The van der Waals surface area contributed by atoms with E-state index in [0.717, 1.165) is 91.9 Å². The van der Waals surface area contributed by atoms with Gasteiger partial charge >= 0.3 is 0 Å². The molecule has 0 amide bonds. The molecule has 0 saturated carbocycles. The number of pyridine rings is 1. The molecule has 1 aromatic carbocycles. The molecule has 0 unspecified atom stereocenters. The highest BCUT2D eigenvalue weighted by Crippen LogP contribution is 2.51. The highest BCUT2D eigenvalue weighted by Gasteiger charge is 2.46. The Morgan fingerprint density at radius 2 is 1.83 bits per heavy atom. The lowest BCUT2D eigenvalue weighted by molar-refractivity contribution is 0.187. The number of aliphatic imine (C=N–C) groups is 1. The standard InChI is InChI=1S/C28H31N7.CH4/c1-18-26(34-14-10-28(11-15-34)16-19-6-2-3-7-20(19)25(28)29)33-22-17-31-27(24(22)32-18)35-13-5-8-21-23(35)9-4-12-30-21;/h2-4,6-7,9,12,25H,5,8,10-11,13-17,29H2,1H3;1H4/t25-;/m1./s1. The van der Waals surface area contributed by atoms with Crippen molar-refractivity contribution in [2.75, 3.05) is 29.4 Å². The summed E-state index contributed by atoms with van der Waals surface area (Å²) in [5, 5.41) is 0. The van der Waals surface area contributed by atoms with Crippen LogP contribution in [0, 0.1) is 12.3 Å². The van der Waals surface area contributed by atoms with E-state index in [1.807, 2.05) is 12.3 Å². The van der Waals surface area contributed by atoms with Crippen LogP contribution in [0.25, 0.3) is 0 Å². The Balaban J connectivity index is 0.00000240. The van der Waals surface area contributed by atoms with E-state index >= 15 is 0 Å². The van der Waals surface area contributed by atoms with Crippen LogP contribution in [0.4, 0.5) is 11.5 Å². The largest absolute Gasteiger partial charge is 0.355 e. The van der Waals surface area contributed by atoms with Crippen molar-refractivity contribution < 1.29 is 0 Å².